The monoisotopic (exact) mass is 220 g/mol. The van der Waals surface area contributed by atoms with E-state index in [0.717, 1.165) is 5.56 Å². The standard InChI is InChI=1S/C13H16O3/c1-3-16-13(15)12(10(2)14)9-11-7-5-4-6-8-11/h4-8,12H,3,9H2,1-2H3/t12-/m1/s1. The maximum atomic E-state index is 11.5. The van der Waals surface area contributed by atoms with Crippen LogP contribution in [0.2, 0.25) is 0 Å². The molecule has 0 bridgehead atoms. The Morgan fingerprint density at radius 1 is 1.25 bits per heavy atom. The van der Waals surface area contributed by atoms with Gasteiger partial charge in [-0.05, 0) is 25.8 Å². The molecule has 0 heterocycles. The Kier molecular flexibility index (Phi) is 4.70. The minimum absolute atomic E-state index is 0.151. The van der Waals surface area contributed by atoms with Crippen molar-refractivity contribution >= 4 is 11.8 Å². The first-order valence-corrected chi connectivity index (χ1v) is 5.36. The number of benzene rings is 1. The molecule has 0 N–H and O–H groups in total. The van der Waals surface area contributed by atoms with Gasteiger partial charge in [-0.25, -0.2) is 0 Å². The Morgan fingerprint density at radius 3 is 2.38 bits per heavy atom. The summed E-state index contributed by atoms with van der Waals surface area (Å²) in [6, 6.07) is 9.47. The van der Waals surface area contributed by atoms with Crippen molar-refractivity contribution in [2.24, 2.45) is 5.92 Å². The van der Waals surface area contributed by atoms with E-state index < -0.39 is 11.9 Å². The van der Waals surface area contributed by atoms with Crippen molar-refractivity contribution in [3.63, 3.8) is 0 Å². The first-order valence-electron chi connectivity index (χ1n) is 5.36. The molecule has 1 rings (SSSR count). The van der Waals surface area contributed by atoms with Crippen LogP contribution in [-0.4, -0.2) is 18.4 Å². The van der Waals surface area contributed by atoms with Crippen LogP contribution in [0.3, 0.4) is 0 Å². The molecule has 0 aliphatic heterocycles. The predicted molar refractivity (Wildman–Crippen MR) is 61.0 cm³/mol. The van der Waals surface area contributed by atoms with Gasteiger partial charge < -0.3 is 4.74 Å². The molecule has 86 valence electrons. The zero-order valence-electron chi connectivity index (χ0n) is 9.60. The molecular formula is C13H16O3. The first-order chi connectivity index (χ1) is 7.65. The number of hydrogen-bond donors (Lipinski definition) is 0. The molecule has 0 fully saturated rings. The largest absolute Gasteiger partial charge is 0.465 e. The van der Waals surface area contributed by atoms with E-state index in [0.29, 0.717) is 13.0 Å². The molecule has 16 heavy (non-hydrogen) atoms. The zero-order valence-corrected chi connectivity index (χ0v) is 9.60. The molecule has 0 spiro atoms. The van der Waals surface area contributed by atoms with Gasteiger partial charge in [0.05, 0.1) is 6.61 Å². The minimum Gasteiger partial charge on any atom is -0.465 e. The van der Waals surface area contributed by atoms with Crippen LogP contribution >= 0.6 is 0 Å². The topological polar surface area (TPSA) is 43.4 Å². The van der Waals surface area contributed by atoms with Crippen LogP contribution < -0.4 is 0 Å². The molecule has 0 aromatic heterocycles. The average Bonchev–Trinajstić information content (AvgIpc) is 2.27. The van der Waals surface area contributed by atoms with E-state index in [9.17, 15) is 9.59 Å². The van der Waals surface area contributed by atoms with Crippen molar-refractivity contribution in [3.05, 3.63) is 35.9 Å². The highest BCUT2D eigenvalue weighted by molar-refractivity contribution is 5.97. The lowest BCUT2D eigenvalue weighted by molar-refractivity contribution is -0.151. The van der Waals surface area contributed by atoms with E-state index in [1.807, 2.05) is 30.3 Å². The quantitative estimate of drug-likeness (QED) is 0.563. The van der Waals surface area contributed by atoms with Crippen molar-refractivity contribution in [2.75, 3.05) is 6.61 Å². The van der Waals surface area contributed by atoms with Gasteiger partial charge in [0.1, 0.15) is 11.7 Å². The molecule has 0 aliphatic carbocycles. The van der Waals surface area contributed by atoms with E-state index in [2.05, 4.69) is 0 Å². The van der Waals surface area contributed by atoms with E-state index in [1.54, 1.807) is 6.92 Å². The van der Waals surface area contributed by atoms with Crippen LogP contribution in [0.15, 0.2) is 30.3 Å². The number of carbonyl (C=O) groups is 2. The highest BCUT2D eigenvalue weighted by atomic mass is 16.5. The predicted octanol–water partition coefficient (Wildman–Crippen LogP) is 2.00. The lowest BCUT2D eigenvalue weighted by Crippen LogP contribution is -2.26. The molecular weight excluding hydrogens is 204 g/mol. The van der Waals surface area contributed by atoms with Gasteiger partial charge >= 0.3 is 5.97 Å². The summed E-state index contributed by atoms with van der Waals surface area (Å²) in [6.07, 6.45) is 0.412. The van der Waals surface area contributed by atoms with Gasteiger partial charge in [0.15, 0.2) is 0 Å². The molecule has 1 aromatic rings. The fraction of sp³-hybridized carbons (Fsp3) is 0.385. The Balaban J connectivity index is 2.73. The first kappa shape index (κ1) is 12.4. The normalized spacial score (nSPS) is 11.9. The van der Waals surface area contributed by atoms with E-state index in [1.165, 1.54) is 6.92 Å². The summed E-state index contributed by atoms with van der Waals surface area (Å²) >= 11 is 0. The Hall–Kier alpha value is -1.64. The third-order valence-corrected chi connectivity index (χ3v) is 2.34. The fourth-order valence-electron chi connectivity index (χ4n) is 1.49. The number of ketones is 1. The van der Waals surface area contributed by atoms with Crippen molar-refractivity contribution in [3.8, 4) is 0 Å². The minimum atomic E-state index is -0.678. The second-order valence-corrected chi connectivity index (χ2v) is 3.61. The molecule has 0 unspecified atom stereocenters. The summed E-state index contributed by atoms with van der Waals surface area (Å²) in [7, 11) is 0. The molecule has 3 nitrogen and oxygen atoms in total. The molecule has 0 amide bonds. The second-order valence-electron chi connectivity index (χ2n) is 3.61. The number of carbonyl (C=O) groups excluding carboxylic acids is 2. The maximum Gasteiger partial charge on any atom is 0.316 e. The van der Waals surface area contributed by atoms with Crippen LogP contribution in [0.1, 0.15) is 19.4 Å². The van der Waals surface area contributed by atoms with E-state index in [4.69, 9.17) is 4.74 Å². The number of rotatable bonds is 5. The third-order valence-electron chi connectivity index (χ3n) is 2.34. The number of Topliss-reactive ketones (excluding diaryl/α,β-unsaturated/α-hetero) is 1. The van der Waals surface area contributed by atoms with Crippen LogP contribution in [0.25, 0.3) is 0 Å². The molecule has 0 aliphatic rings. The summed E-state index contributed by atoms with van der Waals surface area (Å²) in [6.45, 7) is 3.46. The van der Waals surface area contributed by atoms with Gasteiger partial charge in [0.2, 0.25) is 0 Å². The molecule has 0 radical (unpaired) electrons. The van der Waals surface area contributed by atoms with Gasteiger partial charge in [-0.3, -0.25) is 9.59 Å². The smallest absolute Gasteiger partial charge is 0.316 e. The van der Waals surface area contributed by atoms with Crippen molar-refractivity contribution in [2.45, 2.75) is 20.3 Å². The maximum absolute atomic E-state index is 11.5. The van der Waals surface area contributed by atoms with Crippen LogP contribution in [0, 0.1) is 5.92 Å². The average molecular weight is 220 g/mol. The van der Waals surface area contributed by atoms with E-state index in [-0.39, 0.29) is 5.78 Å². The summed E-state index contributed by atoms with van der Waals surface area (Å²) in [5.41, 5.74) is 0.968. The molecule has 0 saturated carbocycles. The Morgan fingerprint density at radius 2 is 1.88 bits per heavy atom. The van der Waals surface area contributed by atoms with Crippen LogP contribution in [0.5, 0.6) is 0 Å². The summed E-state index contributed by atoms with van der Waals surface area (Å²) in [5, 5.41) is 0. The Bertz CT molecular complexity index is 357. The molecule has 0 saturated heterocycles. The summed E-state index contributed by atoms with van der Waals surface area (Å²) < 4.78 is 4.88. The fourth-order valence-corrected chi connectivity index (χ4v) is 1.49. The van der Waals surface area contributed by atoms with Gasteiger partial charge in [-0.15, -0.1) is 0 Å². The van der Waals surface area contributed by atoms with E-state index >= 15 is 0 Å². The third kappa shape index (κ3) is 3.50. The lowest BCUT2D eigenvalue weighted by atomic mass is 9.96. The molecule has 3 heteroatoms. The van der Waals surface area contributed by atoms with Gasteiger partial charge in [0, 0.05) is 0 Å². The lowest BCUT2D eigenvalue weighted by Gasteiger charge is -2.12. The van der Waals surface area contributed by atoms with Gasteiger partial charge in [0.25, 0.3) is 0 Å². The number of hydrogen-bond acceptors (Lipinski definition) is 3. The second kappa shape index (κ2) is 6.05. The van der Waals surface area contributed by atoms with Crippen molar-refractivity contribution < 1.29 is 14.3 Å². The zero-order chi connectivity index (χ0) is 12.0. The van der Waals surface area contributed by atoms with Gasteiger partial charge in [-0.2, -0.15) is 0 Å². The molecule has 1 atom stereocenters. The Labute approximate surface area is 95.4 Å². The highest BCUT2D eigenvalue weighted by Gasteiger charge is 2.24. The SMILES string of the molecule is CCOC(=O)[C@H](Cc1ccccc1)C(C)=O. The van der Waals surface area contributed by atoms with Crippen molar-refractivity contribution in [1.29, 1.82) is 0 Å². The summed E-state index contributed by atoms with van der Waals surface area (Å²) in [5.74, 6) is -1.26. The van der Waals surface area contributed by atoms with Crippen LogP contribution in [0.4, 0.5) is 0 Å². The number of ether oxygens (including phenoxy) is 1. The van der Waals surface area contributed by atoms with Crippen molar-refractivity contribution in [1.82, 2.24) is 0 Å². The number of esters is 1. The summed E-state index contributed by atoms with van der Waals surface area (Å²) in [4.78, 5) is 22.9. The van der Waals surface area contributed by atoms with Gasteiger partial charge in [-0.1, -0.05) is 30.3 Å². The highest BCUT2D eigenvalue weighted by Crippen LogP contribution is 2.11. The molecule has 1 aromatic carbocycles. The van der Waals surface area contributed by atoms with Crippen LogP contribution in [-0.2, 0) is 20.7 Å².